The fraction of sp³-hybridized carbons (Fsp3) is 0.553. The van der Waals surface area contributed by atoms with E-state index in [1.807, 2.05) is 32.0 Å². The molecule has 6 rings (SSSR count). The van der Waals surface area contributed by atoms with E-state index in [1.54, 1.807) is 18.0 Å². The molecule has 0 aromatic heterocycles. The lowest BCUT2D eigenvalue weighted by molar-refractivity contribution is -0.181. The van der Waals surface area contributed by atoms with Crippen LogP contribution in [0.2, 0.25) is 6.04 Å². The predicted octanol–water partition coefficient (Wildman–Crippen LogP) is 2.44. The maximum Gasteiger partial charge on any atom is 0.235 e. The predicted molar refractivity (Wildman–Crippen MR) is 187 cm³/mol. The standard InChI is InChI=1S/C38H48FN3O7Si/c1-4-14-41(3)32-26-17-23-16-25-29(33(43)28(23)35(45)38(26,48)36(46)30(34(32)44)37(40)47)27(49-50-5-2)18-24(31(25)39)20-42(19-22-11-12-22)15-13-21-9-7-6-8-10-21/h6-10,18,22-23,26,28,30,32,48H,4-5,11-17,19-20,50H2,1-3H3,(H2,40,47). The van der Waals surface area contributed by atoms with Crippen molar-refractivity contribution in [3.63, 3.8) is 0 Å². The van der Waals surface area contributed by atoms with Gasteiger partial charge in [-0.1, -0.05) is 44.2 Å². The molecule has 2 aromatic rings. The molecule has 0 aliphatic heterocycles. The maximum atomic E-state index is 16.8. The number of nitrogens with zero attached hydrogens (tertiary/aromatic N) is 2. The quantitative estimate of drug-likeness (QED) is 0.224. The molecule has 3 saturated carbocycles. The Morgan fingerprint density at radius 2 is 1.82 bits per heavy atom. The molecule has 1 amide bonds. The number of carbonyl (C=O) groups excluding carboxylic acids is 5. The summed E-state index contributed by atoms with van der Waals surface area (Å²) in [7, 11) is 0.505. The van der Waals surface area contributed by atoms with Gasteiger partial charge in [0.05, 0.1) is 17.5 Å². The van der Waals surface area contributed by atoms with Crippen molar-refractivity contribution in [3.05, 3.63) is 64.5 Å². The van der Waals surface area contributed by atoms with Crippen molar-refractivity contribution in [1.29, 1.82) is 0 Å². The Bertz CT molecular complexity index is 1680. The lowest BCUT2D eigenvalue weighted by atomic mass is 9.52. The molecule has 0 heterocycles. The fourth-order valence-electron chi connectivity index (χ4n) is 8.61. The third-order valence-corrected chi connectivity index (χ3v) is 12.1. The molecule has 4 aliphatic rings. The molecule has 268 valence electrons. The minimum atomic E-state index is -2.77. The van der Waals surface area contributed by atoms with E-state index in [0.717, 1.165) is 38.4 Å². The highest BCUT2D eigenvalue weighted by Gasteiger charge is 2.69. The van der Waals surface area contributed by atoms with E-state index in [1.165, 1.54) is 5.56 Å². The average Bonchev–Trinajstić information content (AvgIpc) is 3.90. The number of fused-ring (bicyclic) bond motifs is 3. The van der Waals surface area contributed by atoms with Gasteiger partial charge >= 0.3 is 0 Å². The second-order valence-electron chi connectivity index (χ2n) is 14.8. The number of nitrogens with two attached hydrogens (primary N) is 1. The Hall–Kier alpha value is -3.58. The summed E-state index contributed by atoms with van der Waals surface area (Å²) in [4.78, 5) is 72.5. The molecular weight excluding hydrogens is 658 g/mol. The van der Waals surface area contributed by atoms with Gasteiger partial charge in [0.15, 0.2) is 34.7 Å². The fourth-order valence-corrected chi connectivity index (χ4v) is 9.26. The molecule has 50 heavy (non-hydrogen) atoms. The van der Waals surface area contributed by atoms with E-state index in [2.05, 4.69) is 17.0 Å². The first-order valence-corrected chi connectivity index (χ1v) is 19.6. The van der Waals surface area contributed by atoms with Crippen LogP contribution in [0.1, 0.15) is 66.6 Å². The summed E-state index contributed by atoms with van der Waals surface area (Å²) in [5.74, 6) is -10.2. The number of hydrogen-bond donors (Lipinski definition) is 2. The van der Waals surface area contributed by atoms with E-state index in [0.29, 0.717) is 31.0 Å². The third kappa shape index (κ3) is 6.51. The van der Waals surface area contributed by atoms with Gasteiger partial charge in [-0.15, -0.1) is 0 Å². The number of rotatable bonds is 14. The normalized spacial score (nSPS) is 27.9. The van der Waals surface area contributed by atoms with E-state index >= 15 is 4.39 Å². The second kappa shape index (κ2) is 14.6. The van der Waals surface area contributed by atoms with E-state index in [9.17, 15) is 29.1 Å². The topological polar surface area (TPSA) is 147 Å². The van der Waals surface area contributed by atoms with Crippen LogP contribution in [0.15, 0.2) is 36.4 Å². The van der Waals surface area contributed by atoms with Gasteiger partial charge < -0.3 is 15.3 Å². The summed E-state index contributed by atoms with van der Waals surface area (Å²) in [6.45, 7) is 6.14. The monoisotopic (exact) mass is 705 g/mol. The van der Waals surface area contributed by atoms with Crippen LogP contribution in [-0.4, -0.2) is 92.0 Å². The summed E-state index contributed by atoms with van der Waals surface area (Å²) in [6, 6.07) is 11.3. The SMILES string of the molecule is CCCN(C)C1C(=O)C(C(N)=O)C(=O)C2(O)C(=O)C3C(=O)c4c(O[SiH2]CC)cc(CN(CCc5ccccc5)CC5CC5)c(F)c4CC3CC12. The zero-order valence-corrected chi connectivity index (χ0v) is 30.6. The van der Waals surface area contributed by atoms with E-state index in [4.69, 9.17) is 10.2 Å². The number of Topliss-reactive ketones (excluding diaryl/α,β-unsaturated/α-hetero) is 4. The van der Waals surface area contributed by atoms with Crippen molar-refractivity contribution < 1.29 is 37.9 Å². The Morgan fingerprint density at radius 1 is 1.10 bits per heavy atom. The molecule has 3 N–H and O–H groups in total. The maximum absolute atomic E-state index is 16.8. The first-order valence-electron chi connectivity index (χ1n) is 18.0. The van der Waals surface area contributed by atoms with Gasteiger partial charge in [-0.3, -0.25) is 33.8 Å². The van der Waals surface area contributed by atoms with Crippen LogP contribution in [0, 0.1) is 35.4 Å². The number of benzene rings is 2. The van der Waals surface area contributed by atoms with Gasteiger partial charge in [-0.2, -0.15) is 0 Å². The van der Waals surface area contributed by atoms with Gasteiger partial charge in [0.2, 0.25) is 15.7 Å². The molecule has 6 atom stereocenters. The van der Waals surface area contributed by atoms with Gasteiger partial charge in [0.1, 0.15) is 11.6 Å². The minimum absolute atomic E-state index is 0.00621. The smallest absolute Gasteiger partial charge is 0.235 e. The second-order valence-corrected chi connectivity index (χ2v) is 16.5. The van der Waals surface area contributed by atoms with E-state index in [-0.39, 0.29) is 29.7 Å². The largest absolute Gasteiger partial charge is 0.549 e. The number of carbonyl (C=O) groups is 5. The van der Waals surface area contributed by atoms with Crippen molar-refractivity contribution in [1.82, 2.24) is 9.80 Å². The number of halogens is 1. The highest BCUT2D eigenvalue weighted by Crippen LogP contribution is 2.51. The zero-order chi connectivity index (χ0) is 35.9. The van der Waals surface area contributed by atoms with E-state index < -0.39 is 79.9 Å². The minimum Gasteiger partial charge on any atom is -0.549 e. The Morgan fingerprint density at radius 3 is 2.46 bits per heavy atom. The number of ketones is 4. The first-order chi connectivity index (χ1) is 23.9. The van der Waals surface area contributed by atoms with Crippen LogP contribution < -0.4 is 10.2 Å². The third-order valence-electron chi connectivity index (χ3n) is 11.2. The molecule has 0 bridgehead atoms. The summed E-state index contributed by atoms with van der Waals surface area (Å²) >= 11 is 0. The van der Waals surface area contributed by atoms with Crippen LogP contribution in [0.5, 0.6) is 5.75 Å². The number of aliphatic hydroxyl groups is 1. The summed E-state index contributed by atoms with van der Waals surface area (Å²) in [6.07, 6.45) is 3.66. The van der Waals surface area contributed by atoms with Crippen LogP contribution in [-0.2, 0) is 38.6 Å². The lowest BCUT2D eigenvalue weighted by Crippen LogP contribution is -2.74. The van der Waals surface area contributed by atoms with Gasteiger partial charge in [-0.05, 0) is 81.6 Å². The molecule has 10 nitrogen and oxygen atoms in total. The Kier molecular flexibility index (Phi) is 10.6. The molecular formula is C38H48FN3O7Si. The molecule has 12 heteroatoms. The number of amides is 1. The highest BCUT2D eigenvalue weighted by molar-refractivity contribution is 6.32. The summed E-state index contributed by atoms with van der Waals surface area (Å²) in [5, 5.41) is 12.0. The zero-order valence-electron chi connectivity index (χ0n) is 29.2. The molecule has 2 aromatic carbocycles. The van der Waals surface area contributed by atoms with Gasteiger partial charge in [0.25, 0.3) is 0 Å². The molecule has 3 fully saturated rings. The van der Waals surface area contributed by atoms with Gasteiger partial charge in [-0.25, -0.2) is 4.39 Å². The van der Waals surface area contributed by atoms with Crippen molar-refractivity contribution in [2.45, 2.75) is 76.6 Å². The Labute approximate surface area is 294 Å². The van der Waals surface area contributed by atoms with Crippen molar-refractivity contribution >= 4 is 38.8 Å². The van der Waals surface area contributed by atoms with Crippen molar-refractivity contribution in [3.8, 4) is 5.75 Å². The molecule has 6 unspecified atom stereocenters. The summed E-state index contributed by atoms with van der Waals surface area (Å²) in [5.41, 5.74) is 4.52. The number of hydrogen-bond acceptors (Lipinski definition) is 9. The molecule has 0 spiro atoms. The number of primary amides is 1. The first kappa shape index (κ1) is 36.2. The Balaban J connectivity index is 1.38. The van der Waals surface area contributed by atoms with Crippen LogP contribution >= 0.6 is 0 Å². The van der Waals surface area contributed by atoms with Crippen molar-refractivity contribution in [2.75, 3.05) is 26.7 Å². The molecule has 0 radical (unpaired) electrons. The highest BCUT2D eigenvalue weighted by atomic mass is 28.2. The van der Waals surface area contributed by atoms with Crippen LogP contribution in [0.25, 0.3) is 0 Å². The number of likely N-dealkylation sites (N-methyl/N-ethyl adjacent to an activating group) is 1. The van der Waals surface area contributed by atoms with Crippen LogP contribution in [0.3, 0.4) is 0 Å². The summed E-state index contributed by atoms with van der Waals surface area (Å²) < 4.78 is 23.0. The lowest BCUT2D eigenvalue weighted by Gasteiger charge is -2.53. The molecule has 0 saturated heterocycles. The van der Waals surface area contributed by atoms with Crippen molar-refractivity contribution in [2.24, 2.45) is 35.3 Å². The van der Waals surface area contributed by atoms with Crippen LogP contribution in [0.4, 0.5) is 4.39 Å². The average molecular weight is 706 g/mol. The van der Waals surface area contributed by atoms with Gasteiger partial charge in [0, 0.05) is 36.7 Å². The molecule has 4 aliphatic carbocycles.